The second-order valence-electron chi connectivity index (χ2n) is 6.15. The van der Waals surface area contributed by atoms with Crippen LogP contribution in [0.25, 0.3) is 0 Å². The molecule has 0 aliphatic heterocycles. The van der Waals surface area contributed by atoms with Gasteiger partial charge in [-0.3, -0.25) is 0 Å². The summed E-state index contributed by atoms with van der Waals surface area (Å²) in [5, 5.41) is 3.84. The highest BCUT2D eigenvalue weighted by molar-refractivity contribution is 5.18. The first-order chi connectivity index (χ1) is 9.38. The molecule has 1 saturated carbocycles. The average molecular weight is 255 g/mol. The maximum absolute atomic E-state index is 3.84. The molecule has 0 saturated heterocycles. The topological polar surface area (TPSA) is 12.0 Å². The van der Waals surface area contributed by atoms with Crippen molar-refractivity contribution in [1.29, 1.82) is 0 Å². The lowest BCUT2D eigenvalue weighted by atomic mass is 9.85. The van der Waals surface area contributed by atoms with E-state index in [1.165, 1.54) is 31.2 Å². The van der Waals surface area contributed by atoms with Gasteiger partial charge in [0.05, 0.1) is 0 Å². The third-order valence-corrected chi connectivity index (χ3v) is 4.90. The number of fused-ring (bicyclic) bond motifs is 2. The Kier molecular flexibility index (Phi) is 4.03. The van der Waals surface area contributed by atoms with Crippen LogP contribution in [0.15, 0.2) is 42.5 Å². The van der Waals surface area contributed by atoms with Crippen molar-refractivity contribution < 1.29 is 0 Å². The van der Waals surface area contributed by atoms with Crippen molar-refractivity contribution in [2.45, 2.75) is 45.2 Å². The van der Waals surface area contributed by atoms with E-state index in [-0.39, 0.29) is 0 Å². The third-order valence-electron chi connectivity index (χ3n) is 4.90. The van der Waals surface area contributed by atoms with E-state index < -0.39 is 0 Å². The van der Waals surface area contributed by atoms with Crippen molar-refractivity contribution in [3.8, 4) is 0 Å². The summed E-state index contributed by atoms with van der Waals surface area (Å²) in [5.41, 5.74) is 1.41. The maximum Gasteiger partial charge on any atom is 0.0208 e. The zero-order valence-corrected chi connectivity index (χ0v) is 11.9. The van der Waals surface area contributed by atoms with E-state index in [1.54, 1.807) is 0 Å². The number of rotatable bonds is 6. The van der Waals surface area contributed by atoms with Gasteiger partial charge in [0, 0.05) is 12.6 Å². The summed E-state index contributed by atoms with van der Waals surface area (Å²) >= 11 is 0. The fourth-order valence-electron chi connectivity index (χ4n) is 3.89. The molecule has 19 heavy (non-hydrogen) atoms. The molecule has 0 amide bonds. The molecule has 2 aliphatic carbocycles. The van der Waals surface area contributed by atoms with Gasteiger partial charge in [0.15, 0.2) is 0 Å². The van der Waals surface area contributed by atoms with E-state index in [0.29, 0.717) is 6.04 Å². The van der Waals surface area contributed by atoms with Crippen LogP contribution in [0.4, 0.5) is 0 Å². The summed E-state index contributed by atoms with van der Waals surface area (Å²) in [5.74, 6) is 2.51. The first-order valence-electron chi connectivity index (χ1n) is 7.84. The summed E-state index contributed by atoms with van der Waals surface area (Å²) in [7, 11) is 0. The zero-order valence-electron chi connectivity index (χ0n) is 11.9. The first-order valence-corrected chi connectivity index (χ1v) is 7.84. The molecule has 1 aromatic carbocycles. The molecule has 2 unspecified atom stereocenters. The Morgan fingerprint density at radius 3 is 2.68 bits per heavy atom. The number of allylic oxidation sites excluding steroid dienone is 1. The molecule has 0 spiro atoms. The molecule has 0 aromatic heterocycles. The van der Waals surface area contributed by atoms with Crippen LogP contribution in [0.3, 0.4) is 0 Å². The van der Waals surface area contributed by atoms with Crippen LogP contribution in [0.1, 0.15) is 38.2 Å². The predicted octanol–water partition coefficient (Wildman–Crippen LogP) is 4.16. The minimum absolute atomic E-state index is 0.710. The number of benzene rings is 1. The minimum atomic E-state index is 0.710. The van der Waals surface area contributed by atoms with Gasteiger partial charge in [-0.1, -0.05) is 62.2 Å². The summed E-state index contributed by atoms with van der Waals surface area (Å²) in [6.45, 7) is 3.32. The normalized spacial score (nSPS) is 32.1. The fourth-order valence-corrected chi connectivity index (χ4v) is 3.89. The molecule has 2 aliphatic rings. The first kappa shape index (κ1) is 12.9. The SMILES string of the molecule is CCCC[C@@H]1C2C=CC(C2)[C@H]1NCc1ccccc1. The molecule has 1 heteroatoms. The summed E-state index contributed by atoms with van der Waals surface area (Å²) in [6.07, 6.45) is 10.4. The third kappa shape index (κ3) is 2.76. The van der Waals surface area contributed by atoms with Crippen LogP contribution in [0.5, 0.6) is 0 Å². The molecule has 0 radical (unpaired) electrons. The highest BCUT2D eigenvalue weighted by Gasteiger charge is 2.43. The quantitative estimate of drug-likeness (QED) is 0.753. The Labute approximate surface area is 117 Å². The number of nitrogens with one attached hydrogen (secondary N) is 1. The van der Waals surface area contributed by atoms with Crippen molar-refractivity contribution in [2.75, 3.05) is 0 Å². The molecule has 3 rings (SSSR count). The molecule has 1 fully saturated rings. The van der Waals surface area contributed by atoms with Gasteiger partial charge in [0.25, 0.3) is 0 Å². The highest BCUT2D eigenvalue weighted by Crippen LogP contribution is 2.45. The van der Waals surface area contributed by atoms with Gasteiger partial charge in [0.1, 0.15) is 0 Å². The van der Waals surface area contributed by atoms with E-state index in [9.17, 15) is 0 Å². The van der Waals surface area contributed by atoms with Crippen molar-refractivity contribution in [3.63, 3.8) is 0 Å². The Hall–Kier alpha value is -1.08. The van der Waals surface area contributed by atoms with E-state index in [0.717, 1.165) is 24.3 Å². The molecule has 0 heterocycles. The Bertz CT molecular complexity index is 423. The standard InChI is InChI=1S/C18H25N/c1-2-3-9-17-15-10-11-16(12-15)18(17)19-13-14-7-5-4-6-8-14/h4-8,10-11,15-19H,2-3,9,12-13H2,1H3/t15?,16?,17-,18-/m1/s1. The molecule has 102 valence electrons. The van der Waals surface area contributed by atoms with Gasteiger partial charge < -0.3 is 5.32 Å². The summed E-state index contributed by atoms with van der Waals surface area (Å²) in [4.78, 5) is 0. The number of unbranched alkanes of at least 4 members (excludes halogenated alkanes) is 1. The predicted molar refractivity (Wildman–Crippen MR) is 80.8 cm³/mol. The van der Waals surface area contributed by atoms with Crippen molar-refractivity contribution in [3.05, 3.63) is 48.0 Å². The smallest absolute Gasteiger partial charge is 0.0208 e. The monoisotopic (exact) mass is 255 g/mol. The van der Waals surface area contributed by atoms with Crippen molar-refractivity contribution in [1.82, 2.24) is 5.32 Å². The lowest BCUT2D eigenvalue weighted by molar-refractivity contribution is 0.305. The number of hydrogen-bond acceptors (Lipinski definition) is 1. The van der Waals surface area contributed by atoms with Gasteiger partial charge >= 0.3 is 0 Å². The number of hydrogen-bond donors (Lipinski definition) is 1. The lowest BCUT2D eigenvalue weighted by Gasteiger charge is -2.29. The van der Waals surface area contributed by atoms with Crippen LogP contribution < -0.4 is 5.32 Å². The van der Waals surface area contributed by atoms with Crippen LogP contribution >= 0.6 is 0 Å². The molecule has 4 atom stereocenters. The van der Waals surface area contributed by atoms with Gasteiger partial charge in [0.2, 0.25) is 0 Å². The van der Waals surface area contributed by atoms with Crippen LogP contribution in [0.2, 0.25) is 0 Å². The van der Waals surface area contributed by atoms with Crippen LogP contribution in [-0.4, -0.2) is 6.04 Å². The summed E-state index contributed by atoms with van der Waals surface area (Å²) in [6, 6.07) is 11.5. The largest absolute Gasteiger partial charge is 0.309 e. The Balaban J connectivity index is 1.61. The second-order valence-corrected chi connectivity index (χ2v) is 6.15. The molecular formula is C18H25N. The van der Waals surface area contributed by atoms with Gasteiger partial charge in [-0.15, -0.1) is 0 Å². The lowest BCUT2D eigenvalue weighted by Crippen LogP contribution is -2.38. The zero-order chi connectivity index (χ0) is 13.1. The van der Waals surface area contributed by atoms with E-state index in [2.05, 4.69) is 54.7 Å². The van der Waals surface area contributed by atoms with E-state index in [4.69, 9.17) is 0 Å². The Morgan fingerprint density at radius 1 is 1.11 bits per heavy atom. The van der Waals surface area contributed by atoms with Crippen molar-refractivity contribution >= 4 is 0 Å². The Morgan fingerprint density at radius 2 is 1.89 bits per heavy atom. The molecular weight excluding hydrogens is 230 g/mol. The maximum atomic E-state index is 3.84. The van der Waals surface area contributed by atoms with Gasteiger partial charge in [-0.05, 0) is 36.2 Å². The average Bonchev–Trinajstić information content (AvgIpc) is 3.05. The van der Waals surface area contributed by atoms with E-state index in [1.807, 2.05) is 0 Å². The van der Waals surface area contributed by atoms with E-state index >= 15 is 0 Å². The van der Waals surface area contributed by atoms with Crippen LogP contribution in [-0.2, 0) is 6.54 Å². The van der Waals surface area contributed by atoms with Gasteiger partial charge in [-0.25, -0.2) is 0 Å². The molecule has 1 N–H and O–H groups in total. The van der Waals surface area contributed by atoms with Crippen LogP contribution in [0, 0.1) is 17.8 Å². The highest BCUT2D eigenvalue weighted by atomic mass is 14.9. The fraction of sp³-hybridized carbons (Fsp3) is 0.556. The molecule has 1 nitrogen and oxygen atoms in total. The minimum Gasteiger partial charge on any atom is -0.309 e. The second kappa shape index (κ2) is 5.92. The summed E-state index contributed by atoms with van der Waals surface area (Å²) < 4.78 is 0. The molecule has 1 aromatic rings. The van der Waals surface area contributed by atoms with Gasteiger partial charge in [-0.2, -0.15) is 0 Å². The van der Waals surface area contributed by atoms with Crippen molar-refractivity contribution in [2.24, 2.45) is 17.8 Å². The molecule has 2 bridgehead atoms.